The van der Waals surface area contributed by atoms with Crippen molar-refractivity contribution < 1.29 is 22.3 Å². The number of amides is 1. The fourth-order valence-electron chi connectivity index (χ4n) is 3.02. The van der Waals surface area contributed by atoms with Crippen LogP contribution < -0.4 is 10.5 Å². The predicted octanol–water partition coefficient (Wildman–Crippen LogP) is 0.467. The zero-order valence-corrected chi connectivity index (χ0v) is 16.4. The van der Waals surface area contributed by atoms with Crippen molar-refractivity contribution in [1.29, 1.82) is 0 Å². The predicted molar refractivity (Wildman–Crippen MR) is 100 cm³/mol. The summed E-state index contributed by atoms with van der Waals surface area (Å²) in [5.41, 5.74) is 6.43. The van der Waals surface area contributed by atoms with Gasteiger partial charge in [0.2, 0.25) is 0 Å². The molecule has 3 heterocycles. The third kappa shape index (κ3) is 4.84. The Hall–Kier alpha value is -2.53. The second kappa shape index (κ2) is 7.84. The SMILES string of the molecule is CN1CC[C@@H](Oc2cnc(-c3cnn(CS(C)(=O)=O)c3)cc2C(N)=O)[C@@H](F)C1. The Morgan fingerprint density at radius 2 is 2.18 bits per heavy atom. The number of likely N-dealkylation sites (tertiary alicyclic amines) is 1. The lowest BCUT2D eigenvalue weighted by atomic mass is 10.1. The van der Waals surface area contributed by atoms with Gasteiger partial charge in [-0.05, 0) is 19.5 Å². The maximum absolute atomic E-state index is 14.2. The van der Waals surface area contributed by atoms with Gasteiger partial charge in [-0.3, -0.25) is 14.5 Å². The summed E-state index contributed by atoms with van der Waals surface area (Å²) >= 11 is 0. The van der Waals surface area contributed by atoms with Crippen molar-refractivity contribution in [3.05, 3.63) is 30.2 Å². The van der Waals surface area contributed by atoms with E-state index in [9.17, 15) is 17.6 Å². The fraction of sp³-hybridized carbons (Fsp3) is 0.471. The molecule has 1 aliphatic heterocycles. The molecule has 0 saturated carbocycles. The topological polar surface area (TPSA) is 120 Å². The molecule has 0 bridgehead atoms. The first-order valence-corrected chi connectivity index (χ1v) is 10.7. The van der Waals surface area contributed by atoms with Gasteiger partial charge >= 0.3 is 0 Å². The third-order valence-electron chi connectivity index (χ3n) is 4.39. The number of hydrogen-bond acceptors (Lipinski definition) is 7. The Labute approximate surface area is 162 Å². The molecule has 0 radical (unpaired) electrons. The molecule has 0 spiro atoms. The number of nitrogens with two attached hydrogens (primary N) is 1. The third-order valence-corrected chi connectivity index (χ3v) is 5.13. The van der Waals surface area contributed by atoms with Crippen LogP contribution in [0.5, 0.6) is 5.75 Å². The molecule has 0 aromatic carbocycles. The van der Waals surface area contributed by atoms with Gasteiger partial charge in [-0.25, -0.2) is 12.8 Å². The first-order valence-electron chi connectivity index (χ1n) is 8.62. The van der Waals surface area contributed by atoms with E-state index in [0.717, 1.165) is 6.26 Å². The van der Waals surface area contributed by atoms with E-state index in [0.29, 0.717) is 24.2 Å². The summed E-state index contributed by atoms with van der Waals surface area (Å²) in [6.07, 6.45) is 3.99. The van der Waals surface area contributed by atoms with Crippen molar-refractivity contribution in [3.8, 4) is 17.0 Å². The number of carbonyl (C=O) groups is 1. The Morgan fingerprint density at radius 1 is 1.43 bits per heavy atom. The number of pyridine rings is 1. The first kappa shape index (κ1) is 20.2. The molecule has 152 valence electrons. The average molecular weight is 411 g/mol. The zero-order valence-electron chi connectivity index (χ0n) is 15.6. The second-order valence-electron chi connectivity index (χ2n) is 6.98. The maximum Gasteiger partial charge on any atom is 0.252 e. The highest BCUT2D eigenvalue weighted by atomic mass is 32.2. The number of alkyl halides is 1. The Bertz CT molecular complexity index is 978. The molecular weight excluding hydrogens is 389 g/mol. The van der Waals surface area contributed by atoms with Crippen LogP contribution in [0.4, 0.5) is 4.39 Å². The van der Waals surface area contributed by atoms with E-state index in [1.807, 2.05) is 11.9 Å². The minimum atomic E-state index is -3.25. The van der Waals surface area contributed by atoms with Gasteiger partial charge in [0.1, 0.15) is 18.2 Å². The van der Waals surface area contributed by atoms with Crippen LogP contribution in [0.25, 0.3) is 11.3 Å². The van der Waals surface area contributed by atoms with Gasteiger partial charge in [0, 0.05) is 31.1 Å². The lowest BCUT2D eigenvalue weighted by Gasteiger charge is -2.32. The number of hydrogen-bond donors (Lipinski definition) is 1. The quantitative estimate of drug-likeness (QED) is 0.733. The molecular formula is C17H22FN5O4S. The van der Waals surface area contributed by atoms with E-state index in [4.69, 9.17) is 10.5 Å². The van der Waals surface area contributed by atoms with Gasteiger partial charge in [-0.1, -0.05) is 0 Å². The Balaban J connectivity index is 1.84. The van der Waals surface area contributed by atoms with Crippen molar-refractivity contribution in [1.82, 2.24) is 19.7 Å². The van der Waals surface area contributed by atoms with Crippen LogP contribution in [0.2, 0.25) is 0 Å². The minimum Gasteiger partial charge on any atom is -0.485 e. The number of rotatable bonds is 6. The molecule has 2 aromatic heterocycles. The number of nitrogens with zero attached hydrogens (tertiary/aromatic N) is 4. The van der Waals surface area contributed by atoms with E-state index < -0.39 is 28.0 Å². The Kier molecular flexibility index (Phi) is 5.66. The zero-order chi connectivity index (χ0) is 20.5. The highest BCUT2D eigenvalue weighted by Gasteiger charge is 2.30. The molecule has 1 amide bonds. The molecule has 9 nitrogen and oxygen atoms in total. The number of piperidine rings is 1. The molecule has 28 heavy (non-hydrogen) atoms. The smallest absolute Gasteiger partial charge is 0.252 e. The van der Waals surface area contributed by atoms with Crippen LogP contribution in [0.15, 0.2) is 24.7 Å². The Morgan fingerprint density at radius 3 is 2.82 bits per heavy atom. The molecule has 1 saturated heterocycles. The number of primary amides is 1. The molecule has 2 N–H and O–H groups in total. The molecule has 1 fully saturated rings. The normalized spacial score (nSPS) is 20.8. The van der Waals surface area contributed by atoms with Gasteiger partial charge in [0.05, 0.1) is 23.7 Å². The molecule has 1 aliphatic rings. The number of carbonyl (C=O) groups excluding carboxylic acids is 1. The van der Waals surface area contributed by atoms with Gasteiger partial charge in [-0.2, -0.15) is 5.10 Å². The summed E-state index contributed by atoms with van der Waals surface area (Å²) in [4.78, 5) is 18.0. The van der Waals surface area contributed by atoms with Crippen molar-refractivity contribution in [2.24, 2.45) is 5.73 Å². The lowest BCUT2D eigenvalue weighted by molar-refractivity contribution is 0.0305. The monoisotopic (exact) mass is 411 g/mol. The molecule has 0 unspecified atom stereocenters. The first-order chi connectivity index (χ1) is 13.1. The van der Waals surface area contributed by atoms with Crippen LogP contribution in [0, 0.1) is 0 Å². The largest absolute Gasteiger partial charge is 0.485 e. The molecule has 2 atom stereocenters. The van der Waals surface area contributed by atoms with Crippen molar-refractivity contribution in [3.63, 3.8) is 0 Å². The van der Waals surface area contributed by atoms with Gasteiger partial charge in [-0.15, -0.1) is 0 Å². The van der Waals surface area contributed by atoms with Gasteiger partial charge < -0.3 is 15.4 Å². The van der Waals surface area contributed by atoms with Crippen molar-refractivity contribution >= 4 is 15.7 Å². The molecule has 11 heteroatoms. The molecule has 0 aliphatic carbocycles. The van der Waals surface area contributed by atoms with Crippen LogP contribution in [-0.4, -0.2) is 72.7 Å². The molecule has 2 aromatic rings. The van der Waals surface area contributed by atoms with Crippen molar-refractivity contribution in [2.75, 3.05) is 26.4 Å². The number of ether oxygens (including phenoxy) is 1. The van der Waals surface area contributed by atoms with Crippen LogP contribution in [0.3, 0.4) is 0 Å². The summed E-state index contributed by atoms with van der Waals surface area (Å²) < 4.78 is 44.0. The number of aromatic nitrogens is 3. The second-order valence-corrected chi connectivity index (χ2v) is 9.09. The lowest BCUT2D eigenvalue weighted by Crippen LogP contribution is -2.45. The van der Waals surface area contributed by atoms with E-state index in [1.165, 1.54) is 29.3 Å². The highest BCUT2D eigenvalue weighted by Crippen LogP contribution is 2.27. The molecule has 3 rings (SSSR count). The minimum absolute atomic E-state index is 0.0759. The summed E-state index contributed by atoms with van der Waals surface area (Å²) in [6.45, 7) is 0.934. The van der Waals surface area contributed by atoms with Crippen molar-refractivity contribution in [2.45, 2.75) is 24.6 Å². The summed E-state index contributed by atoms with van der Waals surface area (Å²) in [5.74, 6) is -0.882. The van der Waals surface area contributed by atoms with Gasteiger partial charge in [0.25, 0.3) is 5.91 Å². The van der Waals surface area contributed by atoms with E-state index in [1.54, 1.807) is 0 Å². The summed E-state index contributed by atoms with van der Waals surface area (Å²) in [7, 11) is -1.42. The van der Waals surface area contributed by atoms with E-state index >= 15 is 0 Å². The fourth-order valence-corrected chi connectivity index (χ4v) is 3.65. The van der Waals surface area contributed by atoms with Gasteiger partial charge in [0.15, 0.2) is 15.6 Å². The maximum atomic E-state index is 14.2. The average Bonchev–Trinajstić information content (AvgIpc) is 3.04. The highest BCUT2D eigenvalue weighted by molar-refractivity contribution is 7.89. The standard InChI is InChI=1S/C17H22FN5O4S/c1-22-4-3-15(13(18)9-22)27-16-7-20-14(5-12(16)17(19)24)11-6-21-23(8-11)10-28(2,25)26/h5-8,13,15H,3-4,9-10H2,1-2H3,(H2,19,24)/t13-,15+/m0/s1. The van der Waals surface area contributed by atoms with Crippen LogP contribution in [-0.2, 0) is 15.7 Å². The number of sulfone groups is 1. The van der Waals surface area contributed by atoms with Crippen LogP contribution in [0.1, 0.15) is 16.8 Å². The van der Waals surface area contributed by atoms with E-state index in [2.05, 4.69) is 10.1 Å². The summed E-state index contributed by atoms with van der Waals surface area (Å²) in [5, 5.41) is 3.98. The van der Waals surface area contributed by atoms with E-state index in [-0.39, 0.29) is 23.7 Å². The summed E-state index contributed by atoms with van der Waals surface area (Å²) in [6, 6.07) is 1.43. The number of halogens is 1. The van der Waals surface area contributed by atoms with Crippen LogP contribution >= 0.6 is 0 Å².